The molecule has 1 atom stereocenters. The molecule has 4 nitrogen and oxygen atoms in total. The Hall–Kier alpha value is -1.10. The quantitative estimate of drug-likeness (QED) is 0.703. The summed E-state index contributed by atoms with van der Waals surface area (Å²) < 4.78 is 11.2. The van der Waals surface area contributed by atoms with Crippen LogP contribution in [0.25, 0.3) is 0 Å². The average Bonchev–Trinajstić information content (AvgIpc) is 2.57. The van der Waals surface area contributed by atoms with Gasteiger partial charge >= 0.3 is 0 Å². The van der Waals surface area contributed by atoms with Crippen LogP contribution in [-0.2, 0) is 4.74 Å². The fourth-order valence-corrected chi connectivity index (χ4v) is 2.98. The Balaban J connectivity index is 1.54. The number of rotatable bonds is 9. The number of β-amino-alcohol motifs (C(OH)–C–C–N with tert-alkyl or cyclic N) is 1. The molecule has 136 valence electrons. The first kappa shape index (κ1) is 19.2. The fraction of sp³-hybridized carbons (Fsp3) is 0.700. The smallest absolute Gasteiger partial charge is 0.119 e. The zero-order valence-corrected chi connectivity index (χ0v) is 15.4. The van der Waals surface area contributed by atoms with E-state index in [1.165, 1.54) is 18.4 Å². The maximum Gasteiger partial charge on any atom is 0.119 e. The van der Waals surface area contributed by atoms with Gasteiger partial charge in [-0.3, -0.25) is 0 Å². The summed E-state index contributed by atoms with van der Waals surface area (Å²) in [6.07, 6.45) is 2.05. The lowest BCUT2D eigenvalue weighted by atomic mass is 9.99. The Morgan fingerprint density at radius 1 is 1.12 bits per heavy atom. The zero-order chi connectivity index (χ0) is 17.4. The average molecular weight is 335 g/mol. The van der Waals surface area contributed by atoms with Crippen molar-refractivity contribution >= 4 is 0 Å². The molecule has 0 aromatic heterocycles. The molecule has 4 heteroatoms. The molecule has 1 saturated heterocycles. The lowest BCUT2D eigenvalue weighted by molar-refractivity contribution is 0.00333. The highest BCUT2D eigenvalue weighted by molar-refractivity contribution is 5.28. The van der Waals surface area contributed by atoms with Crippen LogP contribution >= 0.6 is 0 Å². The third-order valence-electron chi connectivity index (χ3n) is 4.70. The molecule has 0 unspecified atom stereocenters. The van der Waals surface area contributed by atoms with Crippen LogP contribution in [0.1, 0.15) is 45.1 Å². The van der Waals surface area contributed by atoms with Gasteiger partial charge in [0.05, 0.1) is 19.3 Å². The summed E-state index contributed by atoms with van der Waals surface area (Å²) in [5.74, 6) is 2.22. The van der Waals surface area contributed by atoms with E-state index < -0.39 is 6.10 Å². The van der Waals surface area contributed by atoms with Crippen molar-refractivity contribution in [2.45, 2.75) is 45.6 Å². The van der Waals surface area contributed by atoms with E-state index >= 15 is 0 Å². The standard InChI is InChI=1S/C20H33NO3/c1-16(2)18-4-6-20(7-5-18)24-13-12-23-15-19(22)14-21-10-8-17(3)9-11-21/h4-7,16-17,19,22H,8-15H2,1-3H3/t19-/m0/s1. The molecule has 2 rings (SSSR count). The number of aliphatic hydroxyl groups excluding tert-OH is 1. The molecule has 0 amide bonds. The molecule has 1 fully saturated rings. The molecule has 0 radical (unpaired) electrons. The molecule has 1 aliphatic rings. The minimum absolute atomic E-state index is 0.377. The zero-order valence-electron chi connectivity index (χ0n) is 15.4. The van der Waals surface area contributed by atoms with Crippen molar-refractivity contribution in [2.24, 2.45) is 5.92 Å². The van der Waals surface area contributed by atoms with Crippen LogP contribution < -0.4 is 4.74 Å². The number of likely N-dealkylation sites (tertiary alicyclic amines) is 1. The van der Waals surface area contributed by atoms with Crippen LogP contribution in [0.2, 0.25) is 0 Å². The Bertz CT molecular complexity index is 452. The molecular formula is C20H33NO3. The number of nitrogens with zero attached hydrogens (tertiary/aromatic N) is 1. The second kappa shape index (κ2) is 10.0. The molecule has 1 aromatic carbocycles. The molecule has 0 saturated carbocycles. The van der Waals surface area contributed by atoms with Gasteiger partial charge < -0.3 is 19.5 Å². The van der Waals surface area contributed by atoms with E-state index in [2.05, 4.69) is 37.8 Å². The summed E-state index contributed by atoms with van der Waals surface area (Å²) in [5, 5.41) is 10.1. The van der Waals surface area contributed by atoms with Crippen molar-refractivity contribution in [3.05, 3.63) is 29.8 Å². The Morgan fingerprint density at radius 3 is 2.42 bits per heavy atom. The second-order valence-corrected chi connectivity index (χ2v) is 7.28. The summed E-state index contributed by atoms with van der Waals surface area (Å²) >= 11 is 0. The molecule has 1 heterocycles. The Morgan fingerprint density at radius 2 is 1.79 bits per heavy atom. The van der Waals surface area contributed by atoms with E-state index in [1.807, 2.05) is 12.1 Å². The van der Waals surface area contributed by atoms with Gasteiger partial charge in [-0.2, -0.15) is 0 Å². The Labute approximate surface area is 146 Å². The minimum atomic E-state index is -0.413. The molecular weight excluding hydrogens is 302 g/mol. The van der Waals surface area contributed by atoms with Crippen LogP contribution in [0.15, 0.2) is 24.3 Å². The maximum absolute atomic E-state index is 10.1. The van der Waals surface area contributed by atoms with E-state index in [0.29, 0.717) is 32.3 Å². The summed E-state index contributed by atoms with van der Waals surface area (Å²) in [6, 6.07) is 8.21. The molecule has 1 aliphatic heterocycles. The third kappa shape index (κ3) is 6.80. The molecule has 0 bridgehead atoms. The SMILES string of the molecule is CC1CCN(C[C@H](O)COCCOc2ccc(C(C)C)cc2)CC1. The predicted molar refractivity (Wildman–Crippen MR) is 97.7 cm³/mol. The lowest BCUT2D eigenvalue weighted by Gasteiger charge is -2.31. The van der Waals surface area contributed by atoms with Crippen molar-refractivity contribution in [3.63, 3.8) is 0 Å². The van der Waals surface area contributed by atoms with Crippen LogP contribution in [0.4, 0.5) is 0 Å². The number of hydrogen-bond acceptors (Lipinski definition) is 4. The molecule has 1 N–H and O–H groups in total. The van der Waals surface area contributed by atoms with Crippen molar-refractivity contribution in [1.29, 1.82) is 0 Å². The van der Waals surface area contributed by atoms with Gasteiger partial charge in [0, 0.05) is 6.54 Å². The minimum Gasteiger partial charge on any atom is -0.491 e. The largest absolute Gasteiger partial charge is 0.491 e. The van der Waals surface area contributed by atoms with Gasteiger partial charge in [-0.25, -0.2) is 0 Å². The summed E-state index contributed by atoms with van der Waals surface area (Å²) in [7, 11) is 0. The van der Waals surface area contributed by atoms with E-state index in [-0.39, 0.29) is 0 Å². The molecule has 1 aromatic rings. The van der Waals surface area contributed by atoms with Crippen LogP contribution in [-0.4, -0.2) is 55.6 Å². The monoisotopic (exact) mass is 335 g/mol. The summed E-state index contributed by atoms with van der Waals surface area (Å²) in [4.78, 5) is 2.33. The van der Waals surface area contributed by atoms with Gasteiger partial charge in [0.2, 0.25) is 0 Å². The molecule has 0 aliphatic carbocycles. The Kier molecular flexibility index (Phi) is 8.03. The van der Waals surface area contributed by atoms with Gasteiger partial charge in [-0.1, -0.05) is 32.9 Å². The van der Waals surface area contributed by atoms with E-state index in [1.54, 1.807) is 0 Å². The van der Waals surface area contributed by atoms with Gasteiger partial charge in [0.25, 0.3) is 0 Å². The summed E-state index contributed by atoms with van der Waals surface area (Å²) in [5.41, 5.74) is 1.31. The molecule has 0 spiro atoms. The summed E-state index contributed by atoms with van der Waals surface area (Å²) in [6.45, 7) is 10.9. The van der Waals surface area contributed by atoms with Crippen molar-refractivity contribution < 1.29 is 14.6 Å². The molecule has 24 heavy (non-hydrogen) atoms. The first-order chi connectivity index (χ1) is 11.5. The number of aliphatic hydroxyl groups is 1. The van der Waals surface area contributed by atoms with Gasteiger partial charge in [0.15, 0.2) is 0 Å². The van der Waals surface area contributed by atoms with Crippen molar-refractivity contribution in [2.75, 3.05) is 39.5 Å². The third-order valence-corrected chi connectivity index (χ3v) is 4.70. The number of piperidine rings is 1. The highest BCUT2D eigenvalue weighted by Crippen LogP contribution is 2.18. The van der Waals surface area contributed by atoms with E-state index in [0.717, 1.165) is 24.8 Å². The van der Waals surface area contributed by atoms with Gasteiger partial charge in [0.1, 0.15) is 12.4 Å². The van der Waals surface area contributed by atoms with E-state index in [9.17, 15) is 5.11 Å². The maximum atomic E-state index is 10.1. The number of benzene rings is 1. The first-order valence-electron chi connectivity index (χ1n) is 9.25. The van der Waals surface area contributed by atoms with Crippen molar-refractivity contribution in [1.82, 2.24) is 4.90 Å². The van der Waals surface area contributed by atoms with Crippen molar-refractivity contribution in [3.8, 4) is 5.75 Å². The van der Waals surface area contributed by atoms with E-state index in [4.69, 9.17) is 9.47 Å². The topological polar surface area (TPSA) is 41.9 Å². The fourth-order valence-electron chi connectivity index (χ4n) is 2.98. The normalized spacial score (nSPS) is 18.0. The first-order valence-corrected chi connectivity index (χ1v) is 9.25. The van der Waals surface area contributed by atoms with Crippen LogP contribution in [0.5, 0.6) is 5.75 Å². The highest BCUT2D eigenvalue weighted by Gasteiger charge is 2.18. The number of ether oxygens (including phenoxy) is 2. The van der Waals surface area contributed by atoms with Crippen LogP contribution in [0, 0.1) is 5.92 Å². The predicted octanol–water partition coefficient (Wildman–Crippen LogP) is 3.30. The van der Waals surface area contributed by atoms with Crippen LogP contribution in [0.3, 0.4) is 0 Å². The van der Waals surface area contributed by atoms with Gasteiger partial charge in [-0.05, 0) is 55.5 Å². The lowest BCUT2D eigenvalue weighted by Crippen LogP contribution is -2.40. The second-order valence-electron chi connectivity index (χ2n) is 7.28. The number of hydrogen-bond donors (Lipinski definition) is 1. The highest BCUT2D eigenvalue weighted by atomic mass is 16.5. The van der Waals surface area contributed by atoms with Gasteiger partial charge in [-0.15, -0.1) is 0 Å².